The number of likely N-dealkylation sites (tertiary alicyclic amines) is 1. The van der Waals surface area contributed by atoms with Crippen LogP contribution < -0.4 is 9.47 Å². The van der Waals surface area contributed by atoms with Crippen molar-refractivity contribution in [3.05, 3.63) is 12.4 Å². The molecule has 1 unspecified atom stereocenters. The summed E-state index contributed by atoms with van der Waals surface area (Å²) in [6, 6.07) is 0. The van der Waals surface area contributed by atoms with Gasteiger partial charge in [0.15, 0.2) is 0 Å². The monoisotopic (exact) mass is 305 g/mol. The van der Waals surface area contributed by atoms with Gasteiger partial charge in [-0.05, 0) is 18.8 Å². The first kappa shape index (κ1) is 15.1. The number of aromatic nitrogens is 2. The molecule has 2 heterocycles. The molecule has 0 radical (unpaired) electrons. The molecule has 1 aliphatic heterocycles. The van der Waals surface area contributed by atoms with E-state index in [1.807, 2.05) is 4.90 Å². The molecule has 22 heavy (non-hydrogen) atoms. The Bertz CT molecular complexity index is 517. The second-order valence-corrected chi connectivity index (χ2v) is 6.12. The van der Waals surface area contributed by atoms with Crippen LogP contribution >= 0.6 is 0 Å². The molecule has 1 aromatic heterocycles. The van der Waals surface area contributed by atoms with Crippen molar-refractivity contribution in [3.8, 4) is 11.8 Å². The number of rotatable bonds is 5. The van der Waals surface area contributed by atoms with Gasteiger partial charge in [-0.15, -0.1) is 0 Å². The summed E-state index contributed by atoms with van der Waals surface area (Å²) in [4.78, 5) is 22.5. The van der Waals surface area contributed by atoms with Crippen LogP contribution in [-0.4, -0.2) is 47.1 Å². The maximum Gasteiger partial charge on any atom is 0.235 e. The Balaban J connectivity index is 1.49. The Labute approximate surface area is 130 Å². The summed E-state index contributed by atoms with van der Waals surface area (Å²) < 4.78 is 10.9. The van der Waals surface area contributed by atoms with Gasteiger partial charge in [-0.3, -0.25) is 9.78 Å². The third-order valence-electron chi connectivity index (χ3n) is 4.52. The molecule has 0 spiro atoms. The number of carbonyl (C=O) groups is 1. The van der Waals surface area contributed by atoms with E-state index in [1.54, 1.807) is 19.5 Å². The summed E-state index contributed by atoms with van der Waals surface area (Å²) in [6.45, 7) is 1.41. The molecule has 6 nitrogen and oxygen atoms in total. The molecule has 0 N–H and O–H groups in total. The second-order valence-electron chi connectivity index (χ2n) is 6.12. The normalized spacial score (nSPS) is 22.0. The van der Waals surface area contributed by atoms with Gasteiger partial charge in [-0.1, -0.05) is 12.8 Å². The molecule has 1 saturated heterocycles. The predicted molar refractivity (Wildman–Crippen MR) is 80.8 cm³/mol. The fraction of sp³-hybridized carbons (Fsp3) is 0.688. The molecule has 1 atom stereocenters. The summed E-state index contributed by atoms with van der Waals surface area (Å²) in [5.41, 5.74) is 0. The third-order valence-corrected chi connectivity index (χ3v) is 4.52. The fourth-order valence-corrected chi connectivity index (χ4v) is 3.30. The van der Waals surface area contributed by atoms with E-state index in [9.17, 15) is 4.79 Å². The first-order valence-electron chi connectivity index (χ1n) is 8.05. The van der Waals surface area contributed by atoms with Gasteiger partial charge in [-0.25, -0.2) is 0 Å². The summed E-state index contributed by atoms with van der Waals surface area (Å²) >= 11 is 0. The first-order valence-corrected chi connectivity index (χ1v) is 8.05. The number of amides is 1. The zero-order chi connectivity index (χ0) is 15.4. The minimum absolute atomic E-state index is 0.00562. The van der Waals surface area contributed by atoms with Gasteiger partial charge >= 0.3 is 0 Å². The van der Waals surface area contributed by atoms with Crippen LogP contribution in [0, 0.1) is 5.92 Å². The van der Waals surface area contributed by atoms with Crippen molar-refractivity contribution >= 4 is 5.91 Å². The summed E-state index contributed by atoms with van der Waals surface area (Å²) in [5, 5.41) is 0. The van der Waals surface area contributed by atoms with E-state index < -0.39 is 0 Å². The molecule has 2 fully saturated rings. The van der Waals surface area contributed by atoms with Crippen LogP contribution in [-0.2, 0) is 4.79 Å². The Morgan fingerprint density at radius 1 is 1.27 bits per heavy atom. The lowest BCUT2D eigenvalue weighted by Gasteiger charge is -2.19. The van der Waals surface area contributed by atoms with Crippen molar-refractivity contribution < 1.29 is 14.3 Å². The lowest BCUT2D eigenvalue weighted by molar-refractivity contribution is -0.131. The highest BCUT2D eigenvalue weighted by atomic mass is 16.5. The predicted octanol–water partition coefficient (Wildman–Crippen LogP) is 2.05. The number of methoxy groups -OCH3 is 1. The highest BCUT2D eigenvalue weighted by Crippen LogP contribution is 2.29. The molecule has 120 valence electrons. The highest BCUT2D eigenvalue weighted by molar-refractivity contribution is 5.76. The van der Waals surface area contributed by atoms with Crippen LogP contribution in [0.15, 0.2) is 12.4 Å². The summed E-state index contributed by atoms with van der Waals surface area (Å²) in [7, 11) is 1.55. The van der Waals surface area contributed by atoms with Gasteiger partial charge in [0.2, 0.25) is 17.7 Å². The number of carbonyl (C=O) groups excluding carboxylic acids is 1. The molecule has 3 rings (SSSR count). The Morgan fingerprint density at radius 2 is 2.05 bits per heavy atom. The van der Waals surface area contributed by atoms with Crippen LogP contribution in [0.3, 0.4) is 0 Å². The van der Waals surface area contributed by atoms with Crippen LogP contribution in [0.1, 0.15) is 38.5 Å². The Hall–Kier alpha value is -1.85. The lowest BCUT2D eigenvalue weighted by Crippen LogP contribution is -2.32. The minimum Gasteiger partial charge on any atom is -0.480 e. The SMILES string of the molecule is COc1cncc(OC2CCN(C(=O)CC3CCCC3)C2)n1. The number of nitrogens with zero attached hydrogens (tertiary/aromatic N) is 3. The third kappa shape index (κ3) is 3.67. The average Bonchev–Trinajstić information content (AvgIpc) is 3.19. The van der Waals surface area contributed by atoms with Gasteiger partial charge in [0, 0.05) is 19.4 Å². The van der Waals surface area contributed by atoms with E-state index in [0.717, 1.165) is 13.0 Å². The maximum absolute atomic E-state index is 12.3. The van der Waals surface area contributed by atoms with Crippen LogP contribution in [0.2, 0.25) is 0 Å². The van der Waals surface area contributed by atoms with Crippen molar-refractivity contribution in [2.75, 3.05) is 20.2 Å². The van der Waals surface area contributed by atoms with Crippen molar-refractivity contribution in [2.45, 2.75) is 44.6 Å². The smallest absolute Gasteiger partial charge is 0.235 e. The van der Waals surface area contributed by atoms with E-state index in [-0.39, 0.29) is 12.0 Å². The zero-order valence-corrected chi connectivity index (χ0v) is 13.0. The number of ether oxygens (including phenoxy) is 2. The Kier molecular flexibility index (Phi) is 4.75. The molecule has 1 amide bonds. The lowest BCUT2D eigenvalue weighted by atomic mass is 10.0. The average molecular weight is 305 g/mol. The largest absolute Gasteiger partial charge is 0.480 e. The van der Waals surface area contributed by atoms with Gasteiger partial charge < -0.3 is 14.4 Å². The van der Waals surface area contributed by atoms with Crippen LogP contribution in [0.5, 0.6) is 11.8 Å². The summed E-state index contributed by atoms with van der Waals surface area (Å²) in [5.74, 6) is 1.76. The van der Waals surface area contributed by atoms with Crippen molar-refractivity contribution in [2.24, 2.45) is 5.92 Å². The van der Waals surface area contributed by atoms with Crippen molar-refractivity contribution in [3.63, 3.8) is 0 Å². The molecule has 0 bridgehead atoms. The maximum atomic E-state index is 12.3. The van der Waals surface area contributed by atoms with Crippen molar-refractivity contribution in [1.82, 2.24) is 14.9 Å². The molecule has 1 saturated carbocycles. The van der Waals surface area contributed by atoms with E-state index in [4.69, 9.17) is 9.47 Å². The standard InChI is InChI=1S/C16H23N3O3/c1-21-14-9-17-10-15(18-14)22-13-6-7-19(11-13)16(20)8-12-4-2-3-5-12/h9-10,12-13H,2-8,11H2,1H3. The molecular weight excluding hydrogens is 282 g/mol. The van der Waals surface area contributed by atoms with E-state index in [0.29, 0.717) is 30.6 Å². The molecule has 1 aliphatic carbocycles. The molecule has 6 heteroatoms. The van der Waals surface area contributed by atoms with E-state index >= 15 is 0 Å². The zero-order valence-electron chi connectivity index (χ0n) is 13.0. The van der Waals surface area contributed by atoms with E-state index in [2.05, 4.69) is 9.97 Å². The Morgan fingerprint density at radius 3 is 2.82 bits per heavy atom. The quantitative estimate of drug-likeness (QED) is 0.833. The van der Waals surface area contributed by atoms with Gasteiger partial charge in [0.25, 0.3) is 0 Å². The van der Waals surface area contributed by atoms with Crippen LogP contribution in [0.25, 0.3) is 0 Å². The fourth-order valence-electron chi connectivity index (χ4n) is 3.30. The minimum atomic E-state index is -0.00562. The highest BCUT2D eigenvalue weighted by Gasteiger charge is 2.29. The van der Waals surface area contributed by atoms with Crippen LogP contribution in [0.4, 0.5) is 0 Å². The van der Waals surface area contributed by atoms with Gasteiger partial charge in [0.05, 0.1) is 26.0 Å². The molecular formula is C16H23N3O3. The first-order chi connectivity index (χ1) is 10.7. The van der Waals surface area contributed by atoms with Gasteiger partial charge in [-0.2, -0.15) is 4.98 Å². The topological polar surface area (TPSA) is 64.6 Å². The molecule has 2 aliphatic rings. The van der Waals surface area contributed by atoms with E-state index in [1.165, 1.54) is 25.7 Å². The molecule has 0 aromatic carbocycles. The number of hydrogen-bond donors (Lipinski definition) is 0. The molecule has 1 aromatic rings. The van der Waals surface area contributed by atoms with Crippen molar-refractivity contribution in [1.29, 1.82) is 0 Å². The second kappa shape index (κ2) is 6.94. The number of hydrogen-bond acceptors (Lipinski definition) is 5. The summed E-state index contributed by atoms with van der Waals surface area (Å²) in [6.07, 6.45) is 9.62. The van der Waals surface area contributed by atoms with Gasteiger partial charge in [0.1, 0.15) is 6.10 Å².